The van der Waals surface area contributed by atoms with E-state index in [1.165, 1.54) is 36.3 Å². The first-order valence-corrected chi connectivity index (χ1v) is 7.37. The first kappa shape index (κ1) is 13.1. The molecular weight excluding hydrogens is 246 g/mol. The molecule has 1 aliphatic rings. The van der Waals surface area contributed by atoms with Crippen molar-refractivity contribution in [3.8, 4) is 11.1 Å². The second-order valence-electron chi connectivity index (χ2n) is 5.29. The van der Waals surface area contributed by atoms with Crippen molar-refractivity contribution in [1.82, 2.24) is 14.5 Å². The van der Waals surface area contributed by atoms with Gasteiger partial charge in [0, 0.05) is 50.0 Å². The largest absolute Gasteiger partial charge is 0.327 e. The Balaban J connectivity index is 1.75. The molecule has 0 radical (unpaired) electrons. The number of rotatable bonds is 4. The van der Waals surface area contributed by atoms with Crippen molar-refractivity contribution >= 4 is 5.70 Å². The van der Waals surface area contributed by atoms with Crippen LogP contribution in [0.25, 0.3) is 16.8 Å². The standard InChI is InChI=1S/C17H21N3/c1-2-10-19-11-6-17(7-12-19)20-13-5-16(14-20)15-3-8-18-9-4-15/h3-6,8-9,13-14H,2,7,10-12H2,1H3. The monoisotopic (exact) mass is 267 g/mol. The van der Waals surface area contributed by atoms with Gasteiger partial charge in [-0.3, -0.25) is 9.88 Å². The van der Waals surface area contributed by atoms with E-state index in [0.717, 1.165) is 13.0 Å². The van der Waals surface area contributed by atoms with Crippen molar-refractivity contribution in [3.05, 3.63) is 49.1 Å². The van der Waals surface area contributed by atoms with Crippen LogP contribution in [0, 0.1) is 0 Å². The van der Waals surface area contributed by atoms with Gasteiger partial charge in [0.2, 0.25) is 0 Å². The summed E-state index contributed by atoms with van der Waals surface area (Å²) in [4.78, 5) is 6.58. The zero-order chi connectivity index (χ0) is 13.8. The zero-order valence-electron chi connectivity index (χ0n) is 12.0. The molecule has 0 fully saturated rings. The van der Waals surface area contributed by atoms with E-state index in [1.807, 2.05) is 12.4 Å². The third-order valence-electron chi connectivity index (χ3n) is 3.85. The second kappa shape index (κ2) is 6.06. The zero-order valence-corrected chi connectivity index (χ0v) is 12.0. The smallest absolute Gasteiger partial charge is 0.0273 e. The summed E-state index contributed by atoms with van der Waals surface area (Å²) in [5.41, 5.74) is 3.89. The molecule has 2 aromatic heterocycles. The van der Waals surface area contributed by atoms with Crippen molar-refractivity contribution in [1.29, 1.82) is 0 Å². The Kier molecular flexibility index (Phi) is 3.97. The minimum Gasteiger partial charge on any atom is -0.327 e. The molecule has 3 heteroatoms. The summed E-state index contributed by atoms with van der Waals surface area (Å²) < 4.78 is 2.26. The molecule has 3 rings (SSSR count). The molecule has 0 aliphatic carbocycles. The van der Waals surface area contributed by atoms with E-state index >= 15 is 0 Å². The van der Waals surface area contributed by atoms with Crippen LogP contribution in [0.5, 0.6) is 0 Å². The molecule has 0 amide bonds. The van der Waals surface area contributed by atoms with Gasteiger partial charge >= 0.3 is 0 Å². The lowest BCUT2D eigenvalue weighted by Crippen LogP contribution is -2.29. The fraction of sp³-hybridized carbons (Fsp3) is 0.353. The molecule has 104 valence electrons. The van der Waals surface area contributed by atoms with Crippen LogP contribution in [0.15, 0.2) is 49.1 Å². The Hall–Kier alpha value is -1.87. The second-order valence-corrected chi connectivity index (χ2v) is 5.29. The van der Waals surface area contributed by atoms with Crippen LogP contribution in [0.3, 0.4) is 0 Å². The lowest BCUT2D eigenvalue weighted by molar-refractivity contribution is 0.300. The van der Waals surface area contributed by atoms with Gasteiger partial charge in [-0.05, 0) is 42.3 Å². The number of pyridine rings is 1. The number of hydrogen-bond donors (Lipinski definition) is 0. The van der Waals surface area contributed by atoms with E-state index in [1.54, 1.807) is 0 Å². The van der Waals surface area contributed by atoms with Crippen LogP contribution in [-0.2, 0) is 0 Å². The Morgan fingerprint density at radius 2 is 2.00 bits per heavy atom. The van der Waals surface area contributed by atoms with Gasteiger partial charge in [0.15, 0.2) is 0 Å². The molecular formula is C17H21N3. The maximum Gasteiger partial charge on any atom is 0.0273 e. The highest BCUT2D eigenvalue weighted by atomic mass is 15.1. The van der Waals surface area contributed by atoms with Gasteiger partial charge in [-0.25, -0.2) is 0 Å². The Labute approximate surface area is 120 Å². The first-order valence-electron chi connectivity index (χ1n) is 7.37. The first-order chi connectivity index (χ1) is 9.86. The minimum atomic E-state index is 1.08. The quantitative estimate of drug-likeness (QED) is 0.845. The molecule has 0 N–H and O–H groups in total. The summed E-state index contributed by atoms with van der Waals surface area (Å²) in [6.45, 7) is 5.69. The van der Waals surface area contributed by atoms with Crippen molar-refractivity contribution in [2.45, 2.75) is 19.8 Å². The number of hydrogen-bond acceptors (Lipinski definition) is 2. The molecule has 0 spiro atoms. The van der Waals surface area contributed by atoms with E-state index < -0.39 is 0 Å². The van der Waals surface area contributed by atoms with Gasteiger partial charge < -0.3 is 4.57 Å². The van der Waals surface area contributed by atoms with Crippen molar-refractivity contribution in [2.75, 3.05) is 19.6 Å². The Bertz CT molecular complexity index is 583. The Morgan fingerprint density at radius 3 is 2.70 bits per heavy atom. The number of nitrogens with zero attached hydrogens (tertiary/aromatic N) is 3. The topological polar surface area (TPSA) is 21.1 Å². The van der Waals surface area contributed by atoms with Gasteiger partial charge in [0.1, 0.15) is 0 Å². The van der Waals surface area contributed by atoms with Gasteiger partial charge in [-0.2, -0.15) is 0 Å². The minimum absolute atomic E-state index is 1.08. The van der Waals surface area contributed by atoms with E-state index in [-0.39, 0.29) is 0 Å². The van der Waals surface area contributed by atoms with E-state index in [4.69, 9.17) is 0 Å². The normalized spacial score (nSPS) is 16.1. The van der Waals surface area contributed by atoms with Crippen LogP contribution in [0.1, 0.15) is 19.8 Å². The highest BCUT2D eigenvalue weighted by molar-refractivity contribution is 5.64. The summed E-state index contributed by atoms with van der Waals surface area (Å²) in [6, 6.07) is 6.28. The molecule has 0 aromatic carbocycles. The predicted octanol–water partition coefficient (Wildman–Crippen LogP) is 3.51. The van der Waals surface area contributed by atoms with Gasteiger partial charge in [0.25, 0.3) is 0 Å². The van der Waals surface area contributed by atoms with Gasteiger partial charge in [0.05, 0.1) is 0 Å². The highest BCUT2D eigenvalue weighted by Gasteiger charge is 2.12. The molecule has 1 aliphatic heterocycles. The molecule has 20 heavy (non-hydrogen) atoms. The van der Waals surface area contributed by atoms with Crippen molar-refractivity contribution in [2.24, 2.45) is 0 Å². The summed E-state index contributed by atoms with van der Waals surface area (Å²) in [6.07, 6.45) is 12.8. The van der Waals surface area contributed by atoms with Crippen LogP contribution in [0.4, 0.5) is 0 Å². The third kappa shape index (κ3) is 2.83. The van der Waals surface area contributed by atoms with Crippen molar-refractivity contribution in [3.63, 3.8) is 0 Å². The third-order valence-corrected chi connectivity index (χ3v) is 3.85. The maximum absolute atomic E-state index is 4.07. The molecule has 3 nitrogen and oxygen atoms in total. The summed E-state index contributed by atoms with van der Waals surface area (Å²) in [5, 5.41) is 0. The highest BCUT2D eigenvalue weighted by Crippen LogP contribution is 2.23. The molecule has 0 unspecified atom stereocenters. The average molecular weight is 267 g/mol. The molecule has 0 atom stereocenters. The fourth-order valence-corrected chi connectivity index (χ4v) is 2.74. The predicted molar refractivity (Wildman–Crippen MR) is 83.3 cm³/mol. The van der Waals surface area contributed by atoms with E-state index in [2.05, 4.69) is 58.0 Å². The molecule has 2 aromatic rings. The molecule has 0 saturated heterocycles. The summed E-state index contributed by atoms with van der Waals surface area (Å²) in [7, 11) is 0. The Morgan fingerprint density at radius 1 is 1.15 bits per heavy atom. The van der Waals surface area contributed by atoms with Crippen molar-refractivity contribution < 1.29 is 0 Å². The lowest BCUT2D eigenvalue weighted by atomic mass is 10.1. The van der Waals surface area contributed by atoms with Crippen LogP contribution in [-0.4, -0.2) is 34.1 Å². The fourth-order valence-electron chi connectivity index (χ4n) is 2.74. The summed E-state index contributed by atoms with van der Waals surface area (Å²) >= 11 is 0. The lowest BCUT2D eigenvalue weighted by Gasteiger charge is -2.26. The average Bonchev–Trinajstić information content (AvgIpc) is 2.99. The molecule has 3 heterocycles. The van der Waals surface area contributed by atoms with Gasteiger partial charge in [-0.1, -0.05) is 13.0 Å². The molecule has 0 saturated carbocycles. The van der Waals surface area contributed by atoms with Crippen LogP contribution >= 0.6 is 0 Å². The maximum atomic E-state index is 4.07. The number of aromatic nitrogens is 2. The van der Waals surface area contributed by atoms with Gasteiger partial charge in [-0.15, -0.1) is 0 Å². The van der Waals surface area contributed by atoms with E-state index in [0.29, 0.717) is 0 Å². The molecule has 0 bridgehead atoms. The SMILES string of the molecule is CCCN1CC=C(n2ccc(-c3ccncc3)c2)CC1. The van der Waals surface area contributed by atoms with Crippen LogP contribution < -0.4 is 0 Å². The van der Waals surface area contributed by atoms with E-state index in [9.17, 15) is 0 Å². The van der Waals surface area contributed by atoms with Crippen LogP contribution in [0.2, 0.25) is 0 Å². The summed E-state index contributed by atoms with van der Waals surface area (Å²) in [5.74, 6) is 0.